The van der Waals surface area contributed by atoms with E-state index in [-0.39, 0.29) is 0 Å². The SMILES string of the molecule is c1ccc(-c2ccc3c(c2)c2c4ccccc4c4cccc5c6cccc7c8ccccc8c3c(c76)c2c45)nc1. The van der Waals surface area contributed by atoms with Crippen molar-refractivity contribution < 1.29 is 0 Å². The number of hydrogen-bond donors (Lipinski definition) is 0. The van der Waals surface area contributed by atoms with E-state index in [1.54, 1.807) is 0 Å². The molecule has 0 saturated carbocycles. The van der Waals surface area contributed by atoms with Gasteiger partial charge in [0, 0.05) is 11.8 Å². The van der Waals surface area contributed by atoms with Gasteiger partial charge in [0.05, 0.1) is 5.69 Å². The van der Waals surface area contributed by atoms with Crippen molar-refractivity contribution in [3.05, 3.63) is 128 Å². The van der Waals surface area contributed by atoms with Gasteiger partial charge in [0.25, 0.3) is 0 Å². The summed E-state index contributed by atoms with van der Waals surface area (Å²) in [6, 6.07) is 44.8. The summed E-state index contributed by atoms with van der Waals surface area (Å²) in [5, 5.41) is 21.5. The second-order valence-corrected chi connectivity index (χ2v) is 11.0. The summed E-state index contributed by atoms with van der Waals surface area (Å²) in [7, 11) is 0. The lowest BCUT2D eigenvalue weighted by Crippen LogP contribution is -1.95. The van der Waals surface area contributed by atoms with Gasteiger partial charge in [-0.15, -0.1) is 0 Å². The second-order valence-electron chi connectivity index (χ2n) is 11.0. The number of fused-ring (bicyclic) bond motifs is 10. The molecule has 0 aliphatic rings. The third-order valence-electron chi connectivity index (χ3n) is 9.16. The van der Waals surface area contributed by atoms with E-state index in [4.69, 9.17) is 4.98 Å². The highest BCUT2D eigenvalue weighted by atomic mass is 14.7. The number of aromatic nitrogens is 1. The molecule has 40 heavy (non-hydrogen) atoms. The molecule has 10 rings (SSSR count). The van der Waals surface area contributed by atoms with Crippen LogP contribution in [0, 0.1) is 0 Å². The van der Waals surface area contributed by atoms with Crippen LogP contribution in [-0.4, -0.2) is 4.98 Å². The first-order valence-corrected chi connectivity index (χ1v) is 13.9. The fraction of sp³-hybridized carbons (Fsp3) is 0. The molecule has 0 saturated heterocycles. The zero-order chi connectivity index (χ0) is 25.9. The smallest absolute Gasteiger partial charge is 0.0702 e. The van der Waals surface area contributed by atoms with Crippen LogP contribution in [0.25, 0.3) is 97.4 Å². The van der Waals surface area contributed by atoms with E-state index >= 15 is 0 Å². The van der Waals surface area contributed by atoms with Crippen LogP contribution < -0.4 is 0 Å². The standard InChI is InChI=1S/C39H21N/c1-3-11-25-23(9-1)27-13-7-15-29-30-16-8-14-28-24-10-2-4-12-26(24)37-32-21-22(33-17-5-6-20-40-33)18-19-31(32)36(25)38(34(27)29)39(37)35(28)30/h1-21H. The molecule has 1 nitrogen and oxygen atoms in total. The Morgan fingerprint density at radius 3 is 1.25 bits per heavy atom. The normalized spacial score (nSPS) is 12.5. The van der Waals surface area contributed by atoms with E-state index in [1.165, 1.54) is 86.2 Å². The van der Waals surface area contributed by atoms with Crippen LogP contribution in [0.4, 0.5) is 0 Å². The molecule has 1 heterocycles. The summed E-state index contributed by atoms with van der Waals surface area (Å²) < 4.78 is 0. The van der Waals surface area contributed by atoms with Crippen molar-refractivity contribution in [2.24, 2.45) is 0 Å². The van der Waals surface area contributed by atoms with Crippen LogP contribution in [0.5, 0.6) is 0 Å². The van der Waals surface area contributed by atoms with E-state index in [9.17, 15) is 0 Å². The molecule has 0 unspecified atom stereocenters. The number of hydrogen-bond acceptors (Lipinski definition) is 1. The molecule has 1 heteroatoms. The third-order valence-corrected chi connectivity index (χ3v) is 9.16. The summed E-state index contributed by atoms with van der Waals surface area (Å²) in [5.74, 6) is 0. The van der Waals surface area contributed by atoms with Gasteiger partial charge < -0.3 is 0 Å². The lowest BCUT2D eigenvalue weighted by atomic mass is 9.79. The molecular weight excluding hydrogens is 482 g/mol. The van der Waals surface area contributed by atoms with Crippen molar-refractivity contribution in [2.45, 2.75) is 0 Å². The van der Waals surface area contributed by atoms with Gasteiger partial charge in [-0.3, -0.25) is 4.98 Å². The van der Waals surface area contributed by atoms with Gasteiger partial charge in [-0.05, 0) is 104 Å². The van der Waals surface area contributed by atoms with Crippen molar-refractivity contribution in [1.29, 1.82) is 0 Å². The second kappa shape index (κ2) is 7.22. The van der Waals surface area contributed by atoms with E-state index in [1.807, 2.05) is 12.3 Å². The highest BCUT2D eigenvalue weighted by Crippen LogP contribution is 2.53. The van der Waals surface area contributed by atoms with Gasteiger partial charge in [0.1, 0.15) is 0 Å². The molecule has 182 valence electrons. The Kier molecular flexibility index (Phi) is 3.73. The topological polar surface area (TPSA) is 12.9 Å². The lowest BCUT2D eigenvalue weighted by molar-refractivity contribution is 1.33. The number of pyridine rings is 1. The first-order valence-electron chi connectivity index (χ1n) is 13.9. The lowest BCUT2D eigenvalue weighted by Gasteiger charge is -2.23. The van der Waals surface area contributed by atoms with Gasteiger partial charge in [0.2, 0.25) is 0 Å². The number of nitrogens with zero attached hydrogens (tertiary/aromatic N) is 1. The summed E-state index contributed by atoms with van der Waals surface area (Å²) in [6.45, 7) is 0. The van der Waals surface area contributed by atoms with Crippen molar-refractivity contribution in [1.82, 2.24) is 4.98 Å². The van der Waals surface area contributed by atoms with Gasteiger partial charge in [-0.2, -0.15) is 0 Å². The first kappa shape index (κ1) is 20.7. The monoisotopic (exact) mass is 503 g/mol. The Balaban J connectivity index is 1.64. The zero-order valence-corrected chi connectivity index (χ0v) is 21.6. The molecule has 10 aromatic rings. The highest BCUT2D eigenvalue weighted by Gasteiger charge is 2.24. The van der Waals surface area contributed by atoms with Crippen LogP contribution in [0.2, 0.25) is 0 Å². The highest BCUT2D eigenvalue weighted by molar-refractivity contribution is 6.52. The van der Waals surface area contributed by atoms with Crippen LogP contribution in [0.1, 0.15) is 0 Å². The van der Waals surface area contributed by atoms with Crippen molar-refractivity contribution in [3.8, 4) is 11.3 Å². The fourth-order valence-electron chi connectivity index (χ4n) is 7.65. The predicted octanol–water partition coefficient (Wildman–Crippen LogP) is 10.8. The molecule has 0 atom stereocenters. The molecule has 0 radical (unpaired) electrons. The van der Waals surface area contributed by atoms with Crippen LogP contribution in [0.15, 0.2) is 128 Å². The average molecular weight is 504 g/mol. The summed E-state index contributed by atoms with van der Waals surface area (Å²) in [6.07, 6.45) is 1.88. The predicted molar refractivity (Wildman–Crippen MR) is 172 cm³/mol. The van der Waals surface area contributed by atoms with E-state index < -0.39 is 0 Å². The first-order chi connectivity index (χ1) is 19.9. The summed E-state index contributed by atoms with van der Waals surface area (Å²) in [4.78, 5) is 4.71. The van der Waals surface area contributed by atoms with Crippen molar-refractivity contribution >= 4 is 86.2 Å². The van der Waals surface area contributed by atoms with E-state index in [0.29, 0.717) is 0 Å². The summed E-state index contributed by atoms with van der Waals surface area (Å²) in [5.41, 5.74) is 2.15. The quantitative estimate of drug-likeness (QED) is 0.160. The Labute approximate surface area is 229 Å². The third kappa shape index (κ3) is 2.38. The molecule has 0 spiro atoms. The minimum absolute atomic E-state index is 1.00. The average Bonchev–Trinajstić information content (AvgIpc) is 3.03. The molecule has 0 aliphatic carbocycles. The maximum absolute atomic E-state index is 4.71. The van der Waals surface area contributed by atoms with E-state index in [2.05, 4.69) is 115 Å². The fourth-order valence-corrected chi connectivity index (χ4v) is 7.65. The minimum Gasteiger partial charge on any atom is -0.256 e. The van der Waals surface area contributed by atoms with Gasteiger partial charge >= 0.3 is 0 Å². The molecular formula is C39H21N. The van der Waals surface area contributed by atoms with Gasteiger partial charge in [-0.1, -0.05) is 103 Å². The zero-order valence-electron chi connectivity index (χ0n) is 21.6. The Morgan fingerprint density at radius 1 is 0.300 bits per heavy atom. The maximum atomic E-state index is 4.71. The van der Waals surface area contributed by atoms with Crippen LogP contribution in [-0.2, 0) is 0 Å². The molecule has 0 aliphatic heterocycles. The maximum Gasteiger partial charge on any atom is 0.0702 e. The van der Waals surface area contributed by atoms with Crippen molar-refractivity contribution in [2.75, 3.05) is 0 Å². The van der Waals surface area contributed by atoms with Crippen molar-refractivity contribution in [3.63, 3.8) is 0 Å². The molecule has 0 amide bonds. The molecule has 9 aromatic carbocycles. The van der Waals surface area contributed by atoms with Gasteiger partial charge in [-0.25, -0.2) is 0 Å². The number of benzene rings is 9. The minimum atomic E-state index is 1.00. The molecule has 0 N–H and O–H groups in total. The molecule has 0 fully saturated rings. The Morgan fingerprint density at radius 2 is 0.725 bits per heavy atom. The summed E-state index contributed by atoms with van der Waals surface area (Å²) >= 11 is 0. The Hall–Kier alpha value is -5.27. The Bertz CT molecular complexity index is 2630. The largest absolute Gasteiger partial charge is 0.256 e. The number of rotatable bonds is 1. The van der Waals surface area contributed by atoms with E-state index in [0.717, 1.165) is 11.3 Å². The van der Waals surface area contributed by atoms with Crippen LogP contribution >= 0.6 is 0 Å². The van der Waals surface area contributed by atoms with Crippen LogP contribution in [0.3, 0.4) is 0 Å². The van der Waals surface area contributed by atoms with Gasteiger partial charge in [0.15, 0.2) is 0 Å². The molecule has 1 aromatic heterocycles. The molecule has 0 bridgehead atoms.